The van der Waals surface area contributed by atoms with E-state index in [0.717, 1.165) is 25.7 Å². The van der Waals surface area contributed by atoms with Crippen molar-refractivity contribution in [3.63, 3.8) is 0 Å². The summed E-state index contributed by atoms with van der Waals surface area (Å²) in [5, 5.41) is 0. The predicted octanol–water partition coefficient (Wildman–Crippen LogP) is 32.4. The maximum absolute atomic E-state index is 11.4. The zero-order chi connectivity index (χ0) is 73.5. The summed E-state index contributed by atoms with van der Waals surface area (Å²) in [7, 11) is -8.74. The van der Waals surface area contributed by atoms with Crippen molar-refractivity contribution in [1.82, 2.24) is 0 Å². The quantitative estimate of drug-likeness (QED) is 0.0370. The molecule has 0 spiro atoms. The number of rotatable bonds is 82. The summed E-state index contributed by atoms with van der Waals surface area (Å²) in [5.74, 6) is 0. The first-order chi connectivity index (χ1) is 50.1. The summed E-state index contributed by atoms with van der Waals surface area (Å²) in [6.45, 7) is 4.61. The molecule has 0 bridgehead atoms. The number of aryl methyl sites for hydroxylation is 2. The Morgan fingerprint density at radius 1 is 0.184 bits per heavy atom. The monoisotopic (exact) mass is 1490 g/mol. The van der Waals surface area contributed by atoms with Crippen LogP contribution in [0.5, 0.6) is 0 Å². The van der Waals surface area contributed by atoms with Crippen LogP contribution in [0.15, 0.2) is 58.3 Å². The minimum atomic E-state index is -4.37. The van der Waals surface area contributed by atoms with Crippen molar-refractivity contribution in [2.45, 2.75) is 537 Å². The second-order valence-corrected chi connectivity index (χ2v) is 35.2. The van der Waals surface area contributed by atoms with Crippen LogP contribution < -0.4 is 0 Å². The molecule has 103 heavy (non-hydrogen) atoms. The molecule has 600 valence electrons. The summed E-state index contributed by atoms with van der Waals surface area (Å²) in [6.07, 6.45) is 112. The van der Waals surface area contributed by atoms with E-state index in [1.54, 1.807) is 24.3 Å². The summed E-state index contributed by atoms with van der Waals surface area (Å²) >= 11 is 0. The number of benzene rings is 2. The molecule has 0 amide bonds. The van der Waals surface area contributed by atoms with Gasteiger partial charge in [0.05, 0.1) is 9.79 Å². The van der Waals surface area contributed by atoms with Crippen LogP contribution in [0, 0.1) is 0 Å². The SMILES string of the molecule is CCCCCCCCCCCCCCCCCCCCCCCCCCCCCCCCCCCCCCCCCc1ccccc1S(=O)(=O)[O-].CCCCCCCCCCCCCCCCCCCCCCCCCCCCCCCCCCCCCCCCCc1ccccc1S(=O)(=O)[O-].[Mg+2]. The molecule has 6 nitrogen and oxygen atoms in total. The van der Waals surface area contributed by atoms with Crippen LogP contribution in [-0.4, -0.2) is 49.0 Å². The smallest absolute Gasteiger partial charge is 0.744 e. The molecule has 2 aromatic carbocycles. The van der Waals surface area contributed by atoms with E-state index >= 15 is 0 Å². The molecule has 0 saturated carbocycles. The van der Waals surface area contributed by atoms with E-state index in [1.165, 1.54) is 487 Å². The number of hydrogen-bond acceptors (Lipinski definition) is 6. The summed E-state index contributed by atoms with van der Waals surface area (Å²) in [4.78, 5) is -0.0803. The molecule has 0 unspecified atom stereocenters. The second kappa shape index (κ2) is 82.0. The molecule has 0 N–H and O–H groups in total. The van der Waals surface area contributed by atoms with Crippen LogP contribution in [0.2, 0.25) is 0 Å². The van der Waals surface area contributed by atoms with Crippen molar-refractivity contribution in [2.75, 3.05) is 0 Å². The molecule has 0 atom stereocenters. The van der Waals surface area contributed by atoms with E-state index in [1.807, 2.05) is 12.1 Å². The van der Waals surface area contributed by atoms with E-state index in [0.29, 0.717) is 24.0 Å². The van der Waals surface area contributed by atoms with E-state index in [9.17, 15) is 25.9 Å². The van der Waals surface area contributed by atoms with Gasteiger partial charge >= 0.3 is 23.1 Å². The molecule has 2 aromatic rings. The van der Waals surface area contributed by atoms with E-state index in [2.05, 4.69) is 13.8 Å². The first-order valence-corrected chi connectivity index (χ1v) is 49.0. The van der Waals surface area contributed by atoms with Gasteiger partial charge in [0.25, 0.3) is 0 Å². The third-order valence-electron chi connectivity index (χ3n) is 22.6. The molecule has 0 radical (unpaired) electrons. The average molecular weight is 1490 g/mol. The third-order valence-corrected chi connectivity index (χ3v) is 24.5. The molecule has 0 aliphatic heterocycles. The molecular formula is C94H174MgO6S2. The molecular weight excluding hydrogens is 1310 g/mol. The molecule has 0 aromatic heterocycles. The maximum atomic E-state index is 11.4. The Hall–Kier alpha value is -0.974. The van der Waals surface area contributed by atoms with Gasteiger partial charge in [0.1, 0.15) is 20.2 Å². The average Bonchev–Trinajstić information content (AvgIpc) is 0.848. The first kappa shape index (κ1) is 102. The normalized spacial score (nSPS) is 11.8. The first-order valence-electron chi connectivity index (χ1n) is 46.2. The molecule has 0 heterocycles. The Balaban J connectivity index is 0.00000200. The zero-order valence-corrected chi connectivity index (χ0v) is 72.2. The van der Waals surface area contributed by atoms with Gasteiger partial charge in [-0.2, -0.15) is 0 Å². The van der Waals surface area contributed by atoms with Crippen LogP contribution in [0.1, 0.15) is 526 Å². The van der Waals surface area contributed by atoms with E-state index in [4.69, 9.17) is 0 Å². The van der Waals surface area contributed by atoms with Crippen LogP contribution in [0.4, 0.5) is 0 Å². The van der Waals surface area contributed by atoms with Gasteiger partial charge in [-0.1, -0.05) is 538 Å². The minimum Gasteiger partial charge on any atom is -0.744 e. The van der Waals surface area contributed by atoms with Crippen LogP contribution in [-0.2, 0) is 33.1 Å². The van der Waals surface area contributed by atoms with Crippen molar-refractivity contribution in [2.24, 2.45) is 0 Å². The van der Waals surface area contributed by atoms with Crippen molar-refractivity contribution in [3.05, 3.63) is 59.7 Å². The Morgan fingerprint density at radius 3 is 0.408 bits per heavy atom. The molecule has 0 aliphatic carbocycles. The van der Waals surface area contributed by atoms with Gasteiger partial charge in [-0.25, -0.2) is 16.8 Å². The molecule has 2 rings (SSSR count). The Kier molecular flexibility index (Phi) is 81.2. The van der Waals surface area contributed by atoms with Gasteiger partial charge in [0.2, 0.25) is 0 Å². The molecule has 0 aliphatic rings. The van der Waals surface area contributed by atoms with Crippen molar-refractivity contribution < 1.29 is 25.9 Å². The number of hydrogen-bond donors (Lipinski definition) is 0. The molecule has 9 heteroatoms. The fraction of sp³-hybridized carbons (Fsp3) is 0.872. The van der Waals surface area contributed by atoms with Gasteiger partial charge in [0.15, 0.2) is 0 Å². The zero-order valence-electron chi connectivity index (χ0n) is 69.2. The summed E-state index contributed by atoms with van der Waals surface area (Å²) in [6, 6.07) is 13.3. The third kappa shape index (κ3) is 74.9. The fourth-order valence-electron chi connectivity index (χ4n) is 15.8. The topological polar surface area (TPSA) is 114 Å². The largest absolute Gasteiger partial charge is 2.00 e. The fourth-order valence-corrected chi connectivity index (χ4v) is 17.2. The standard InChI is InChI=1S/2C47H88O3S.Mg/c2*1-2-3-4-5-6-7-8-9-10-11-12-13-14-15-16-17-18-19-20-21-22-23-24-25-26-27-28-29-30-31-32-33-34-35-36-37-38-39-40-43-46-44-41-42-45-47(46)51(48,49)50;/h2*41-42,44-45H,2-40,43H2,1H3,(H,48,49,50);/q;;+2/p-2. The molecule has 0 saturated heterocycles. The van der Waals surface area contributed by atoms with Crippen molar-refractivity contribution >= 4 is 43.3 Å². The van der Waals surface area contributed by atoms with Gasteiger partial charge in [-0.15, -0.1) is 0 Å². The molecule has 0 fully saturated rings. The number of unbranched alkanes of at least 4 members (excludes halogenated alkanes) is 76. The Morgan fingerprint density at radius 2 is 0.291 bits per heavy atom. The van der Waals surface area contributed by atoms with E-state index in [-0.39, 0.29) is 32.8 Å². The van der Waals surface area contributed by atoms with Gasteiger partial charge in [-0.3, -0.25) is 0 Å². The Bertz CT molecular complexity index is 2050. The van der Waals surface area contributed by atoms with Crippen molar-refractivity contribution in [1.29, 1.82) is 0 Å². The van der Waals surface area contributed by atoms with Crippen LogP contribution >= 0.6 is 0 Å². The van der Waals surface area contributed by atoms with Gasteiger partial charge in [0, 0.05) is 0 Å². The van der Waals surface area contributed by atoms with Gasteiger partial charge in [-0.05, 0) is 48.9 Å². The van der Waals surface area contributed by atoms with Crippen LogP contribution in [0.25, 0.3) is 0 Å². The summed E-state index contributed by atoms with van der Waals surface area (Å²) in [5.41, 5.74) is 1.35. The predicted molar refractivity (Wildman–Crippen MR) is 453 cm³/mol. The van der Waals surface area contributed by atoms with E-state index < -0.39 is 20.2 Å². The Labute approximate surface area is 661 Å². The van der Waals surface area contributed by atoms with Crippen LogP contribution in [0.3, 0.4) is 0 Å². The second-order valence-electron chi connectivity index (χ2n) is 32.5. The van der Waals surface area contributed by atoms with Crippen molar-refractivity contribution in [3.8, 4) is 0 Å². The summed E-state index contributed by atoms with van der Waals surface area (Å²) < 4.78 is 68.4. The maximum Gasteiger partial charge on any atom is 2.00 e. The van der Waals surface area contributed by atoms with Gasteiger partial charge < -0.3 is 9.11 Å². The minimum absolute atomic E-state index is 0.